The Labute approximate surface area is 168 Å². The maximum Gasteiger partial charge on any atom is 0.256 e. The van der Waals surface area contributed by atoms with E-state index in [-0.39, 0.29) is 5.56 Å². The number of pyridine rings is 1. The highest BCUT2D eigenvalue weighted by Gasteiger charge is 2.16. The lowest BCUT2D eigenvalue weighted by atomic mass is 10.1. The number of aromatic nitrogens is 1. The molecule has 0 amide bonds. The monoisotopic (exact) mass is 383 g/mol. The van der Waals surface area contributed by atoms with E-state index >= 15 is 0 Å². The predicted octanol–water partition coefficient (Wildman–Crippen LogP) is 6.21. The first-order valence-electron chi connectivity index (χ1n) is 8.81. The van der Waals surface area contributed by atoms with Gasteiger partial charge in [-0.3, -0.25) is 9.36 Å². The zero-order valence-corrected chi connectivity index (χ0v) is 15.8. The average Bonchev–Trinajstić information content (AvgIpc) is 2.75. The second-order valence-electron chi connectivity index (χ2n) is 6.14. The summed E-state index contributed by atoms with van der Waals surface area (Å²) in [6, 6.07) is 30.1. The topological polar surface area (TPSA) is 46.7 Å². The van der Waals surface area contributed by atoms with Crippen LogP contribution in [0.1, 0.15) is 0 Å². The van der Waals surface area contributed by atoms with Crippen LogP contribution in [0, 0.1) is 0 Å². The van der Waals surface area contributed by atoms with Gasteiger partial charge in [0, 0.05) is 17.3 Å². The molecule has 5 heteroatoms. The van der Waals surface area contributed by atoms with Crippen LogP contribution < -0.4 is 5.56 Å². The summed E-state index contributed by atoms with van der Waals surface area (Å²) in [5.74, 6) is 0. The molecule has 1 heterocycles. The molecule has 28 heavy (non-hydrogen) atoms. The van der Waals surface area contributed by atoms with Gasteiger partial charge in [-0.2, -0.15) is 5.11 Å². The van der Waals surface area contributed by atoms with Crippen molar-refractivity contribution in [2.24, 2.45) is 10.2 Å². The maximum atomic E-state index is 12.9. The molecule has 136 valence electrons. The second kappa shape index (κ2) is 8.06. The van der Waals surface area contributed by atoms with Gasteiger partial charge in [0.2, 0.25) is 0 Å². The molecule has 1 aromatic heterocycles. The van der Waals surface area contributed by atoms with Gasteiger partial charge in [-0.1, -0.05) is 66.7 Å². The second-order valence-corrected chi connectivity index (χ2v) is 6.56. The molecule has 0 aliphatic rings. The normalized spacial score (nSPS) is 11.0. The van der Waals surface area contributed by atoms with Crippen molar-refractivity contribution >= 4 is 24.0 Å². The van der Waals surface area contributed by atoms with Crippen LogP contribution in [-0.4, -0.2) is 4.57 Å². The molecule has 4 rings (SSSR count). The molecule has 0 atom stereocenters. The Hall–Kier alpha value is -3.44. The SMILES string of the molecule is O=c1cc(-c2ccccc2)c(N=Nc2ccccc2)c(S)n1-c1ccccc1. The van der Waals surface area contributed by atoms with Gasteiger partial charge >= 0.3 is 0 Å². The van der Waals surface area contributed by atoms with E-state index < -0.39 is 0 Å². The van der Waals surface area contributed by atoms with Gasteiger partial charge in [-0.15, -0.1) is 17.7 Å². The van der Waals surface area contributed by atoms with Crippen molar-refractivity contribution < 1.29 is 0 Å². The molecule has 0 aliphatic heterocycles. The van der Waals surface area contributed by atoms with E-state index in [0.717, 1.165) is 16.9 Å². The van der Waals surface area contributed by atoms with Gasteiger partial charge in [0.15, 0.2) is 0 Å². The average molecular weight is 383 g/mol. The van der Waals surface area contributed by atoms with Crippen molar-refractivity contribution in [3.8, 4) is 16.8 Å². The summed E-state index contributed by atoms with van der Waals surface area (Å²) in [5.41, 5.74) is 3.41. The Morgan fingerprint density at radius 3 is 1.93 bits per heavy atom. The molecule has 4 aromatic rings. The van der Waals surface area contributed by atoms with E-state index in [1.165, 1.54) is 4.57 Å². The summed E-state index contributed by atoms with van der Waals surface area (Å²) in [7, 11) is 0. The van der Waals surface area contributed by atoms with E-state index in [1.54, 1.807) is 6.07 Å². The van der Waals surface area contributed by atoms with Crippen molar-refractivity contribution in [1.29, 1.82) is 0 Å². The van der Waals surface area contributed by atoms with Crippen molar-refractivity contribution in [1.82, 2.24) is 4.57 Å². The Bertz CT molecular complexity index is 1170. The highest BCUT2D eigenvalue weighted by atomic mass is 32.1. The largest absolute Gasteiger partial charge is 0.270 e. The molecule has 0 aliphatic carbocycles. The summed E-state index contributed by atoms with van der Waals surface area (Å²) < 4.78 is 1.54. The molecule has 0 fully saturated rings. The van der Waals surface area contributed by atoms with Gasteiger partial charge < -0.3 is 0 Å². The fraction of sp³-hybridized carbons (Fsp3) is 0. The van der Waals surface area contributed by atoms with Gasteiger partial charge in [0.1, 0.15) is 10.7 Å². The molecule has 0 N–H and O–H groups in total. The van der Waals surface area contributed by atoms with Gasteiger partial charge in [0.25, 0.3) is 5.56 Å². The fourth-order valence-corrected chi connectivity index (χ4v) is 3.33. The Balaban J connectivity index is 1.94. The van der Waals surface area contributed by atoms with Crippen LogP contribution in [0.2, 0.25) is 0 Å². The van der Waals surface area contributed by atoms with Crippen LogP contribution in [0.25, 0.3) is 16.8 Å². The molecule has 0 radical (unpaired) electrons. The number of nitrogens with zero attached hydrogens (tertiary/aromatic N) is 3. The standard InChI is InChI=1S/C23H17N3OS/c27-21-16-20(17-10-4-1-5-11-17)22(25-24-18-12-6-2-7-13-18)23(28)26(21)19-14-8-3-9-15-19/h1-16,28H. The van der Waals surface area contributed by atoms with Crippen molar-refractivity contribution in [2.75, 3.05) is 0 Å². The van der Waals surface area contributed by atoms with E-state index in [9.17, 15) is 4.79 Å². The summed E-state index contributed by atoms with van der Waals surface area (Å²) >= 11 is 4.67. The third-order valence-corrected chi connectivity index (χ3v) is 4.70. The van der Waals surface area contributed by atoms with Crippen LogP contribution in [0.15, 0.2) is 117 Å². The Kier molecular flexibility index (Phi) is 5.17. The van der Waals surface area contributed by atoms with Gasteiger partial charge in [-0.25, -0.2) is 0 Å². The number of hydrogen-bond acceptors (Lipinski definition) is 4. The first kappa shape index (κ1) is 17.9. The zero-order valence-electron chi connectivity index (χ0n) is 14.9. The van der Waals surface area contributed by atoms with Crippen LogP contribution in [-0.2, 0) is 0 Å². The lowest BCUT2D eigenvalue weighted by Crippen LogP contribution is -2.18. The minimum atomic E-state index is -0.172. The summed E-state index contributed by atoms with van der Waals surface area (Å²) in [5, 5.41) is 9.26. The minimum Gasteiger partial charge on any atom is -0.270 e. The number of thiol groups is 1. The smallest absolute Gasteiger partial charge is 0.256 e. The fourth-order valence-electron chi connectivity index (χ4n) is 2.95. The van der Waals surface area contributed by atoms with E-state index in [2.05, 4.69) is 22.9 Å². The number of rotatable bonds is 4. The van der Waals surface area contributed by atoms with Crippen LogP contribution in [0.4, 0.5) is 11.4 Å². The number of azo groups is 1. The molecule has 0 saturated heterocycles. The first-order valence-corrected chi connectivity index (χ1v) is 9.25. The summed E-state index contributed by atoms with van der Waals surface area (Å²) in [6.07, 6.45) is 0. The van der Waals surface area contributed by atoms with Gasteiger partial charge in [-0.05, 0) is 29.8 Å². The number of para-hydroxylation sites is 1. The quantitative estimate of drug-likeness (QED) is 0.330. The third-order valence-electron chi connectivity index (χ3n) is 4.29. The van der Waals surface area contributed by atoms with E-state index in [0.29, 0.717) is 16.3 Å². The molecule has 0 unspecified atom stereocenters. The molecule has 3 aromatic carbocycles. The molecule has 0 spiro atoms. The highest BCUT2D eigenvalue weighted by molar-refractivity contribution is 7.80. The molecule has 0 bridgehead atoms. The number of hydrogen-bond donors (Lipinski definition) is 1. The van der Waals surface area contributed by atoms with Gasteiger partial charge in [0.05, 0.1) is 5.69 Å². The highest BCUT2D eigenvalue weighted by Crippen LogP contribution is 2.36. The lowest BCUT2D eigenvalue weighted by Gasteiger charge is -2.14. The maximum absolute atomic E-state index is 12.9. The van der Waals surface area contributed by atoms with Crippen molar-refractivity contribution in [3.05, 3.63) is 107 Å². The zero-order chi connectivity index (χ0) is 19.3. The molecular formula is C23H17N3OS. The van der Waals surface area contributed by atoms with Crippen LogP contribution >= 0.6 is 12.6 Å². The molecule has 0 saturated carbocycles. The predicted molar refractivity (Wildman–Crippen MR) is 115 cm³/mol. The van der Waals surface area contributed by atoms with Crippen molar-refractivity contribution in [2.45, 2.75) is 5.03 Å². The van der Waals surface area contributed by atoms with Crippen molar-refractivity contribution in [3.63, 3.8) is 0 Å². The Morgan fingerprint density at radius 2 is 1.29 bits per heavy atom. The molecular weight excluding hydrogens is 366 g/mol. The Morgan fingerprint density at radius 1 is 0.714 bits per heavy atom. The number of benzene rings is 3. The summed E-state index contributed by atoms with van der Waals surface area (Å²) in [6.45, 7) is 0. The van der Waals surface area contributed by atoms with Crippen LogP contribution in [0.5, 0.6) is 0 Å². The lowest BCUT2D eigenvalue weighted by molar-refractivity contribution is 0.875. The molecule has 4 nitrogen and oxygen atoms in total. The minimum absolute atomic E-state index is 0.172. The summed E-state index contributed by atoms with van der Waals surface area (Å²) in [4.78, 5) is 12.9. The first-order chi connectivity index (χ1) is 13.7. The van der Waals surface area contributed by atoms with E-state index in [1.807, 2.05) is 91.0 Å². The van der Waals surface area contributed by atoms with E-state index in [4.69, 9.17) is 0 Å². The van der Waals surface area contributed by atoms with Crippen LogP contribution in [0.3, 0.4) is 0 Å². The third kappa shape index (κ3) is 3.66.